The Bertz CT molecular complexity index is 405. The number of nitrogens with zero attached hydrogens (tertiary/aromatic N) is 2. The summed E-state index contributed by atoms with van der Waals surface area (Å²) in [5.74, 6) is 0. The van der Waals surface area contributed by atoms with Crippen molar-refractivity contribution in [1.29, 1.82) is 0 Å². The van der Waals surface area contributed by atoms with Gasteiger partial charge in [0.1, 0.15) is 0 Å². The number of nitrogens with one attached hydrogen (secondary N) is 1. The van der Waals surface area contributed by atoms with Crippen molar-refractivity contribution in [3.05, 3.63) is 35.4 Å². The second kappa shape index (κ2) is 7.77. The topological polar surface area (TPSA) is 18.5 Å². The summed E-state index contributed by atoms with van der Waals surface area (Å²) in [6.45, 7) is 8.00. The first-order chi connectivity index (χ1) is 9.72. The molecular formula is C17H29N3. The largest absolute Gasteiger partial charge is 0.316 e. The standard InChI is InChI=1S/C17H29N3/c1-4-17-14-19(3)9-6-10-20(17)13-16-8-5-7-15(11-16)12-18-2/h5,7-8,11,17-18H,4,6,9-10,12-14H2,1-3H3. The van der Waals surface area contributed by atoms with Crippen LogP contribution in [0, 0.1) is 0 Å². The summed E-state index contributed by atoms with van der Waals surface area (Å²) in [7, 11) is 4.25. The van der Waals surface area contributed by atoms with Crippen LogP contribution >= 0.6 is 0 Å². The Labute approximate surface area is 124 Å². The van der Waals surface area contributed by atoms with Crippen LogP contribution in [0.25, 0.3) is 0 Å². The van der Waals surface area contributed by atoms with Crippen LogP contribution in [0.2, 0.25) is 0 Å². The van der Waals surface area contributed by atoms with Crippen molar-refractivity contribution in [1.82, 2.24) is 15.1 Å². The molecule has 0 amide bonds. The average Bonchev–Trinajstić information content (AvgIpc) is 2.61. The van der Waals surface area contributed by atoms with Gasteiger partial charge in [-0.15, -0.1) is 0 Å². The second-order valence-electron chi connectivity index (χ2n) is 6.00. The van der Waals surface area contributed by atoms with E-state index in [9.17, 15) is 0 Å². The quantitative estimate of drug-likeness (QED) is 0.890. The molecule has 0 aromatic heterocycles. The molecule has 20 heavy (non-hydrogen) atoms. The molecule has 2 rings (SSSR count). The van der Waals surface area contributed by atoms with Gasteiger partial charge in [0.2, 0.25) is 0 Å². The van der Waals surface area contributed by atoms with E-state index in [0.717, 1.165) is 13.1 Å². The molecule has 1 atom stereocenters. The Morgan fingerprint density at radius 1 is 1.25 bits per heavy atom. The van der Waals surface area contributed by atoms with Crippen molar-refractivity contribution in [2.24, 2.45) is 0 Å². The molecule has 3 heteroatoms. The van der Waals surface area contributed by atoms with E-state index in [2.05, 4.69) is 53.4 Å². The van der Waals surface area contributed by atoms with Crippen LogP contribution in [0.5, 0.6) is 0 Å². The predicted octanol–water partition coefficient (Wildman–Crippen LogP) is 2.32. The third kappa shape index (κ3) is 4.30. The van der Waals surface area contributed by atoms with Gasteiger partial charge >= 0.3 is 0 Å². The van der Waals surface area contributed by atoms with Gasteiger partial charge in [-0.1, -0.05) is 31.2 Å². The molecular weight excluding hydrogens is 246 g/mol. The lowest BCUT2D eigenvalue weighted by Crippen LogP contribution is -2.39. The molecule has 0 bridgehead atoms. The van der Waals surface area contributed by atoms with Crippen LogP contribution in [0.1, 0.15) is 30.9 Å². The SMILES string of the molecule is CCC1CN(C)CCCN1Cc1cccc(CNC)c1. The number of hydrogen-bond donors (Lipinski definition) is 1. The molecule has 1 aromatic carbocycles. The minimum Gasteiger partial charge on any atom is -0.316 e. The lowest BCUT2D eigenvalue weighted by atomic mass is 10.1. The number of likely N-dealkylation sites (N-methyl/N-ethyl adjacent to an activating group) is 1. The molecule has 1 aliphatic rings. The Hall–Kier alpha value is -0.900. The smallest absolute Gasteiger partial charge is 0.0237 e. The van der Waals surface area contributed by atoms with E-state index in [1.54, 1.807) is 0 Å². The third-order valence-electron chi connectivity index (χ3n) is 4.25. The van der Waals surface area contributed by atoms with Crippen molar-refractivity contribution in [3.63, 3.8) is 0 Å². The summed E-state index contributed by atoms with van der Waals surface area (Å²) < 4.78 is 0. The lowest BCUT2D eigenvalue weighted by Gasteiger charge is -2.30. The molecule has 1 fully saturated rings. The lowest BCUT2D eigenvalue weighted by molar-refractivity contribution is 0.176. The molecule has 1 aliphatic heterocycles. The number of hydrogen-bond acceptors (Lipinski definition) is 3. The van der Waals surface area contributed by atoms with Gasteiger partial charge in [0.15, 0.2) is 0 Å². The summed E-state index contributed by atoms with van der Waals surface area (Å²) in [5, 5.41) is 3.23. The summed E-state index contributed by atoms with van der Waals surface area (Å²) in [6.07, 6.45) is 2.52. The zero-order valence-electron chi connectivity index (χ0n) is 13.2. The Kier molecular flexibility index (Phi) is 6.02. The first-order valence-electron chi connectivity index (χ1n) is 7.88. The molecule has 1 aromatic rings. The van der Waals surface area contributed by atoms with Gasteiger partial charge < -0.3 is 10.2 Å². The van der Waals surface area contributed by atoms with Gasteiger partial charge in [-0.2, -0.15) is 0 Å². The maximum absolute atomic E-state index is 3.23. The van der Waals surface area contributed by atoms with E-state index < -0.39 is 0 Å². The molecule has 0 spiro atoms. The molecule has 0 saturated carbocycles. The zero-order valence-corrected chi connectivity index (χ0v) is 13.2. The van der Waals surface area contributed by atoms with Crippen LogP contribution in [0.4, 0.5) is 0 Å². The highest BCUT2D eigenvalue weighted by atomic mass is 15.2. The van der Waals surface area contributed by atoms with Crippen molar-refractivity contribution in [2.45, 2.75) is 38.9 Å². The minimum absolute atomic E-state index is 0.690. The molecule has 1 heterocycles. The van der Waals surface area contributed by atoms with Crippen LogP contribution in [-0.4, -0.2) is 49.6 Å². The normalized spacial score (nSPS) is 21.9. The highest BCUT2D eigenvalue weighted by Crippen LogP contribution is 2.16. The van der Waals surface area contributed by atoms with Gasteiger partial charge in [0, 0.05) is 32.2 Å². The van der Waals surface area contributed by atoms with E-state index in [-0.39, 0.29) is 0 Å². The number of rotatable bonds is 5. The molecule has 1 N–H and O–H groups in total. The van der Waals surface area contributed by atoms with E-state index in [1.807, 2.05) is 7.05 Å². The molecule has 3 nitrogen and oxygen atoms in total. The van der Waals surface area contributed by atoms with Gasteiger partial charge in [-0.25, -0.2) is 0 Å². The fraction of sp³-hybridized carbons (Fsp3) is 0.647. The van der Waals surface area contributed by atoms with Crippen LogP contribution in [0.3, 0.4) is 0 Å². The summed E-state index contributed by atoms with van der Waals surface area (Å²) in [6, 6.07) is 9.69. The van der Waals surface area contributed by atoms with Crippen molar-refractivity contribution < 1.29 is 0 Å². The van der Waals surface area contributed by atoms with Gasteiger partial charge in [0.25, 0.3) is 0 Å². The maximum atomic E-state index is 3.23. The Morgan fingerprint density at radius 2 is 2.05 bits per heavy atom. The Morgan fingerprint density at radius 3 is 2.80 bits per heavy atom. The predicted molar refractivity (Wildman–Crippen MR) is 85.8 cm³/mol. The summed E-state index contributed by atoms with van der Waals surface area (Å²) in [5.41, 5.74) is 2.82. The maximum Gasteiger partial charge on any atom is 0.0237 e. The van der Waals surface area contributed by atoms with Gasteiger partial charge in [0.05, 0.1) is 0 Å². The first kappa shape index (κ1) is 15.5. The fourth-order valence-corrected chi connectivity index (χ4v) is 3.16. The third-order valence-corrected chi connectivity index (χ3v) is 4.25. The average molecular weight is 275 g/mol. The van der Waals surface area contributed by atoms with Crippen molar-refractivity contribution in [3.8, 4) is 0 Å². The highest BCUT2D eigenvalue weighted by Gasteiger charge is 2.21. The summed E-state index contributed by atoms with van der Waals surface area (Å²) >= 11 is 0. The molecule has 0 aliphatic carbocycles. The van der Waals surface area contributed by atoms with Crippen molar-refractivity contribution in [2.75, 3.05) is 33.7 Å². The van der Waals surface area contributed by atoms with E-state index in [1.165, 1.54) is 43.6 Å². The second-order valence-corrected chi connectivity index (χ2v) is 6.00. The van der Waals surface area contributed by atoms with Crippen LogP contribution < -0.4 is 5.32 Å². The molecule has 1 saturated heterocycles. The van der Waals surface area contributed by atoms with E-state index in [4.69, 9.17) is 0 Å². The van der Waals surface area contributed by atoms with E-state index in [0.29, 0.717) is 6.04 Å². The van der Waals surface area contributed by atoms with Gasteiger partial charge in [-0.3, -0.25) is 4.90 Å². The molecule has 0 radical (unpaired) electrons. The first-order valence-corrected chi connectivity index (χ1v) is 7.88. The van der Waals surface area contributed by atoms with Crippen molar-refractivity contribution >= 4 is 0 Å². The van der Waals surface area contributed by atoms with E-state index >= 15 is 0 Å². The fourth-order valence-electron chi connectivity index (χ4n) is 3.16. The molecule has 1 unspecified atom stereocenters. The minimum atomic E-state index is 0.690. The molecule has 112 valence electrons. The Balaban J connectivity index is 2.04. The monoisotopic (exact) mass is 275 g/mol. The highest BCUT2D eigenvalue weighted by molar-refractivity contribution is 5.23. The van der Waals surface area contributed by atoms with Gasteiger partial charge in [-0.05, 0) is 44.6 Å². The zero-order chi connectivity index (χ0) is 14.4. The number of benzene rings is 1. The summed E-state index contributed by atoms with van der Waals surface area (Å²) in [4.78, 5) is 5.15. The van der Waals surface area contributed by atoms with Crippen LogP contribution in [-0.2, 0) is 13.1 Å². The van der Waals surface area contributed by atoms with Crippen LogP contribution in [0.15, 0.2) is 24.3 Å².